The van der Waals surface area contributed by atoms with Crippen LogP contribution in [0, 0.1) is 5.92 Å². The number of hydrogen-bond donors (Lipinski definition) is 2. The fourth-order valence-corrected chi connectivity index (χ4v) is 3.85. The van der Waals surface area contributed by atoms with Gasteiger partial charge in [0.15, 0.2) is 0 Å². The minimum Gasteiger partial charge on any atom is -0.330 e. The van der Waals surface area contributed by atoms with Crippen molar-refractivity contribution in [3.05, 3.63) is 23.5 Å². The van der Waals surface area contributed by atoms with E-state index in [4.69, 9.17) is 17.3 Å². The third-order valence-electron chi connectivity index (χ3n) is 3.26. The number of hydrogen-bond acceptors (Lipinski definition) is 4. The molecule has 0 bridgehead atoms. The number of sulfonamides is 1. The third kappa shape index (κ3) is 4.03. The Labute approximate surface area is 124 Å². The predicted molar refractivity (Wildman–Crippen MR) is 77.0 cm³/mol. The first kappa shape index (κ1) is 16.7. The Kier molecular flexibility index (Phi) is 6.01. The number of nitrogens with two attached hydrogens (primary N) is 1. The zero-order valence-corrected chi connectivity index (χ0v) is 12.6. The first-order valence-corrected chi connectivity index (χ1v) is 7.72. The van der Waals surface area contributed by atoms with E-state index in [-0.39, 0.29) is 29.3 Å². The lowest BCUT2D eigenvalue weighted by molar-refractivity contribution is 0.453. The van der Waals surface area contributed by atoms with Gasteiger partial charge < -0.3 is 5.73 Å². The fraction of sp³-hybridized carbons (Fsp3) is 0.545. The Balaban J connectivity index is 0.00000180. The molecule has 1 heterocycles. The molecule has 2 unspecified atom stereocenters. The summed E-state index contributed by atoms with van der Waals surface area (Å²) >= 11 is 5.75. The molecule has 0 aliphatic heterocycles. The minimum atomic E-state index is -3.56. The lowest BCUT2D eigenvalue weighted by Crippen LogP contribution is -2.39. The van der Waals surface area contributed by atoms with E-state index in [0.717, 1.165) is 19.3 Å². The molecule has 19 heavy (non-hydrogen) atoms. The van der Waals surface area contributed by atoms with Crippen molar-refractivity contribution in [3.8, 4) is 0 Å². The lowest BCUT2D eigenvalue weighted by atomic mass is 10.1. The van der Waals surface area contributed by atoms with Gasteiger partial charge in [0.2, 0.25) is 10.0 Å². The molecule has 1 fully saturated rings. The van der Waals surface area contributed by atoms with Crippen LogP contribution in [0.15, 0.2) is 23.4 Å². The molecule has 0 saturated heterocycles. The maximum absolute atomic E-state index is 12.2. The van der Waals surface area contributed by atoms with Gasteiger partial charge in [-0.3, -0.25) is 4.98 Å². The fourth-order valence-electron chi connectivity index (χ4n) is 2.28. The van der Waals surface area contributed by atoms with Crippen LogP contribution in [0.2, 0.25) is 5.02 Å². The highest BCUT2D eigenvalue weighted by Crippen LogP contribution is 2.26. The number of pyridine rings is 1. The van der Waals surface area contributed by atoms with Crippen LogP contribution in [0.5, 0.6) is 0 Å². The molecule has 108 valence electrons. The number of aromatic nitrogens is 1. The zero-order valence-electron chi connectivity index (χ0n) is 10.3. The van der Waals surface area contributed by atoms with Crippen LogP contribution in [-0.4, -0.2) is 26.0 Å². The standard InChI is InChI=1S/C11H16ClN3O2S.ClH/c12-9-4-10(7-14-6-9)18(16,17)15-11-3-1-2-8(11)5-13;/h4,6-8,11,15H,1-3,5,13H2;1H. The van der Waals surface area contributed by atoms with E-state index in [9.17, 15) is 8.42 Å². The average Bonchev–Trinajstić information content (AvgIpc) is 2.75. The molecule has 0 amide bonds. The van der Waals surface area contributed by atoms with Gasteiger partial charge in [-0.05, 0) is 31.4 Å². The molecule has 1 aliphatic rings. The molecule has 1 aliphatic carbocycles. The maximum atomic E-state index is 12.2. The first-order valence-electron chi connectivity index (χ1n) is 5.86. The summed E-state index contributed by atoms with van der Waals surface area (Å²) in [5, 5.41) is 0.305. The van der Waals surface area contributed by atoms with Crippen molar-refractivity contribution in [1.82, 2.24) is 9.71 Å². The number of nitrogens with zero attached hydrogens (tertiary/aromatic N) is 1. The lowest BCUT2D eigenvalue weighted by Gasteiger charge is -2.19. The quantitative estimate of drug-likeness (QED) is 0.879. The number of nitrogens with one attached hydrogen (secondary N) is 1. The Morgan fingerprint density at radius 2 is 2.16 bits per heavy atom. The summed E-state index contributed by atoms with van der Waals surface area (Å²) in [6.07, 6.45) is 5.49. The molecule has 1 saturated carbocycles. The second-order valence-corrected chi connectivity index (χ2v) is 6.64. The van der Waals surface area contributed by atoms with Crippen molar-refractivity contribution in [1.29, 1.82) is 0 Å². The van der Waals surface area contributed by atoms with Crippen molar-refractivity contribution < 1.29 is 8.42 Å². The SMILES string of the molecule is Cl.NCC1CCCC1NS(=O)(=O)c1cncc(Cl)c1. The van der Waals surface area contributed by atoms with Crippen molar-refractivity contribution in [3.63, 3.8) is 0 Å². The maximum Gasteiger partial charge on any atom is 0.242 e. The zero-order chi connectivity index (χ0) is 13.2. The summed E-state index contributed by atoms with van der Waals surface area (Å²) in [6, 6.07) is 1.31. The van der Waals surface area contributed by atoms with E-state index in [2.05, 4.69) is 9.71 Å². The molecule has 0 spiro atoms. The average molecular weight is 326 g/mol. The molecule has 2 rings (SSSR count). The van der Waals surface area contributed by atoms with Crippen molar-refractivity contribution >= 4 is 34.0 Å². The van der Waals surface area contributed by atoms with Gasteiger partial charge in [-0.2, -0.15) is 0 Å². The van der Waals surface area contributed by atoms with Crippen LogP contribution in [-0.2, 0) is 10.0 Å². The first-order chi connectivity index (χ1) is 8.53. The van der Waals surface area contributed by atoms with E-state index in [1.807, 2.05) is 0 Å². The van der Waals surface area contributed by atoms with Crippen molar-refractivity contribution in [2.24, 2.45) is 11.7 Å². The summed E-state index contributed by atoms with van der Waals surface area (Å²) in [5.41, 5.74) is 5.64. The highest BCUT2D eigenvalue weighted by Gasteiger charge is 2.30. The van der Waals surface area contributed by atoms with Crippen LogP contribution >= 0.6 is 24.0 Å². The van der Waals surface area contributed by atoms with Gasteiger partial charge >= 0.3 is 0 Å². The van der Waals surface area contributed by atoms with Gasteiger partial charge in [-0.15, -0.1) is 12.4 Å². The summed E-state index contributed by atoms with van der Waals surface area (Å²) in [7, 11) is -3.56. The van der Waals surface area contributed by atoms with E-state index in [0.29, 0.717) is 11.6 Å². The Hall–Kier alpha value is -0.400. The summed E-state index contributed by atoms with van der Waals surface area (Å²) in [4.78, 5) is 3.88. The van der Waals surface area contributed by atoms with Crippen LogP contribution in [0.3, 0.4) is 0 Å². The van der Waals surface area contributed by atoms with E-state index < -0.39 is 10.0 Å². The summed E-state index contributed by atoms with van der Waals surface area (Å²) in [6.45, 7) is 0.501. The van der Waals surface area contributed by atoms with Gasteiger partial charge in [0.05, 0.1) is 5.02 Å². The number of rotatable bonds is 4. The van der Waals surface area contributed by atoms with Crippen LogP contribution in [0.1, 0.15) is 19.3 Å². The highest BCUT2D eigenvalue weighted by atomic mass is 35.5. The molecule has 1 aromatic rings. The monoisotopic (exact) mass is 325 g/mol. The molecule has 5 nitrogen and oxygen atoms in total. The Bertz CT molecular complexity index is 524. The van der Waals surface area contributed by atoms with Gasteiger partial charge in [-0.25, -0.2) is 13.1 Å². The highest BCUT2D eigenvalue weighted by molar-refractivity contribution is 7.89. The second kappa shape index (κ2) is 6.85. The second-order valence-electron chi connectivity index (χ2n) is 4.49. The Morgan fingerprint density at radius 1 is 1.42 bits per heavy atom. The Morgan fingerprint density at radius 3 is 2.79 bits per heavy atom. The molecule has 0 aromatic carbocycles. The van der Waals surface area contributed by atoms with Crippen LogP contribution < -0.4 is 10.5 Å². The molecular weight excluding hydrogens is 309 g/mol. The molecule has 2 atom stereocenters. The molecule has 3 N–H and O–H groups in total. The van der Waals surface area contributed by atoms with Crippen molar-refractivity contribution in [2.75, 3.05) is 6.54 Å². The number of halogens is 2. The van der Waals surface area contributed by atoms with Gasteiger partial charge in [0, 0.05) is 18.4 Å². The molecule has 1 aromatic heterocycles. The van der Waals surface area contributed by atoms with Crippen LogP contribution in [0.4, 0.5) is 0 Å². The summed E-state index contributed by atoms with van der Waals surface area (Å²) in [5.74, 6) is 0.215. The normalized spacial score (nSPS) is 23.1. The predicted octanol–water partition coefficient (Wildman–Crippen LogP) is 1.56. The van der Waals surface area contributed by atoms with Gasteiger partial charge in [0.1, 0.15) is 4.90 Å². The topological polar surface area (TPSA) is 85.1 Å². The largest absolute Gasteiger partial charge is 0.330 e. The third-order valence-corrected chi connectivity index (χ3v) is 4.92. The van der Waals surface area contributed by atoms with E-state index in [1.54, 1.807) is 0 Å². The summed E-state index contributed by atoms with van der Waals surface area (Å²) < 4.78 is 27.0. The van der Waals surface area contributed by atoms with Crippen molar-refractivity contribution in [2.45, 2.75) is 30.2 Å². The molecular formula is C11H17Cl2N3O2S. The van der Waals surface area contributed by atoms with E-state index in [1.165, 1.54) is 18.5 Å². The van der Waals surface area contributed by atoms with E-state index >= 15 is 0 Å². The minimum absolute atomic E-state index is 0. The van der Waals surface area contributed by atoms with Gasteiger partial charge in [0.25, 0.3) is 0 Å². The molecule has 0 radical (unpaired) electrons. The van der Waals surface area contributed by atoms with Gasteiger partial charge in [-0.1, -0.05) is 18.0 Å². The van der Waals surface area contributed by atoms with Crippen LogP contribution in [0.25, 0.3) is 0 Å². The molecule has 8 heteroatoms. The smallest absolute Gasteiger partial charge is 0.242 e.